The van der Waals surface area contributed by atoms with E-state index in [0.29, 0.717) is 11.1 Å². The number of fused-ring (bicyclic) bond motifs is 2. The zero-order valence-electron chi connectivity index (χ0n) is 12.9. The number of imidazole rings is 1. The number of para-hydroxylation sites is 1. The molecular weight excluding hydrogens is 292 g/mol. The van der Waals surface area contributed by atoms with Gasteiger partial charge in [0.25, 0.3) is 5.91 Å². The Hall–Kier alpha value is -2.70. The van der Waals surface area contributed by atoms with Crippen LogP contribution in [0.1, 0.15) is 35.4 Å². The molecule has 7 heteroatoms. The zero-order valence-corrected chi connectivity index (χ0v) is 12.9. The first-order chi connectivity index (χ1) is 11.3. The fourth-order valence-electron chi connectivity index (χ4n) is 3.17. The highest BCUT2D eigenvalue weighted by molar-refractivity contribution is 6.04. The van der Waals surface area contributed by atoms with Gasteiger partial charge in [-0.05, 0) is 18.6 Å². The lowest BCUT2D eigenvalue weighted by molar-refractivity contribution is 0.0929. The number of benzene rings is 1. The minimum atomic E-state index is -0.0812. The highest BCUT2D eigenvalue weighted by Gasteiger charge is 2.24. The van der Waals surface area contributed by atoms with Crippen molar-refractivity contribution in [3.63, 3.8) is 0 Å². The third-order valence-electron chi connectivity index (χ3n) is 4.37. The summed E-state index contributed by atoms with van der Waals surface area (Å²) in [6, 6.07) is 5.67. The second-order valence-corrected chi connectivity index (χ2v) is 5.81. The number of carbonyl (C=O) groups excluding carboxylic acids is 1. The summed E-state index contributed by atoms with van der Waals surface area (Å²) in [6.07, 6.45) is 4.17. The number of hydrogen-bond donors (Lipinski definition) is 2. The quantitative estimate of drug-likeness (QED) is 0.766. The van der Waals surface area contributed by atoms with E-state index in [1.54, 1.807) is 6.33 Å². The highest BCUT2D eigenvalue weighted by Crippen LogP contribution is 2.18. The van der Waals surface area contributed by atoms with Crippen molar-refractivity contribution < 1.29 is 4.79 Å². The number of aromatic amines is 1. The molecule has 23 heavy (non-hydrogen) atoms. The average Bonchev–Trinajstić information content (AvgIpc) is 3.20. The second-order valence-electron chi connectivity index (χ2n) is 5.81. The zero-order chi connectivity index (χ0) is 15.8. The Bertz CT molecular complexity index is 851. The minimum Gasteiger partial charge on any atom is -0.347 e. The van der Waals surface area contributed by atoms with Crippen molar-refractivity contribution in [2.75, 3.05) is 0 Å². The van der Waals surface area contributed by atoms with Gasteiger partial charge in [0.05, 0.1) is 17.4 Å². The number of rotatable bonds is 3. The van der Waals surface area contributed by atoms with Gasteiger partial charge in [-0.15, -0.1) is 10.2 Å². The summed E-state index contributed by atoms with van der Waals surface area (Å²) in [5, 5.41) is 11.6. The first kappa shape index (κ1) is 13.9. The van der Waals surface area contributed by atoms with Gasteiger partial charge in [-0.3, -0.25) is 4.79 Å². The maximum Gasteiger partial charge on any atom is 0.253 e. The van der Waals surface area contributed by atoms with E-state index in [9.17, 15) is 4.79 Å². The molecule has 0 bridgehead atoms. The van der Waals surface area contributed by atoms with Crippen LogP contribution >= 0.6 is 0 Å². The molecule has 1 aliphatic heterocycles. The normalized spacial score (nSPS) is 17.2. The van der Waals surface area contributed by atoms with E-state index >= 15 is 0 Å². The van der Waals surface area contributed by atoms with Crippen molar-refractivity contribution in [1.29, 1.82) is 0 Å². The average molecular weight is 310 g/mol. The van der Waals surface area contributed by atoms with Gasteiger partial charge in [-0.2, -0.15) is 0 Å². The Morgan fingerprint density at radius 2 is 2.35 bits per heavy atom. The van der Waals surface area contributed by atoms with Crippen molar-refractivity contribution in [3.8, 4) is 0 Å². The molecule has 0 aliphatic carbocycles. The third-order valence-corrected chi connectivity index (χ3v) is 4.37. The van der Waals surface area contributed by atoms with Gasteiger partial charge in [0.2, 0.25) is 0 Å². The van der Waals surface area contributed by atoms with E-state index in [0.717, 1.165) is 43.0 Å². The van der Waals surface area contributed by atoms with Gasteiger partial charge in [0, 0.05) is 25.4 Å². The molecule has 1 atom stereocenters. The summed E-state index contributed by atoms with van der Waals surface area (Å²) in [6.45, 7) is 2.80. The van der Waals surface area contributed by atoms with Crippen molar-refractivity contribution in [1.82, 2.24) is 30.0 Å². The number of nitrogens with one attached hydrogen (secondary N) is 2. The molecule has 1 aromatic carbocycles. The van der Waals surface area contributed by atoms with E-state index < -0.39 is 0 Å². The van der Waals surface area contributed by atoms with Crippen LogP contribution in [0, 0.1) is 0 Å². The Labute approximate surface area is 133 Å². The Morgan fingerprint density at radius 3 is 3.22 bits per heavy atom. The fourth-order valence-corrected chi connectivity index (χ4v) is 3.17. The lowest BCUT2D eigenvalue weighted by atomic mass is 10.1. The monoisotopic (exact) mass is 310 g/mol. The fraction of sp³-hybridized carbons (Fsp3) is 0.375. The number of H-pyrrole nitrogens is 1. The molecule has 2 aromatic heterocycles. The molecule has 3 heterocycles. The van der Waals surface area contributed by atoms with Crippen LogP contribution in [-0.2, 0) is 19.4 Å². The molecule has 2 N–H and O–H groups in total. The van der Waals surface area contributed by atoms with Crippen LogP contribution < -0.4 is 5.32 Å². The maximum absolute atomic E-state index is 12.6. The summed E-state index contributed by atoms with van der Waals surface area (Å²) in [5.41, 5.74) is 2.18. The molecule has 1 aliphatic rings. The lowest BCUT2D eigenvalue weighted by Gasteiger charge is -2.25. The van der Waals surface area contributed by atoms with Crippen molar-refractivity contribution in [3.05, 3.63) is 41.7 Å². The van der Waals surface area contributed by atoms with Gasteiger partial charge in [0.1, 0.15) is 17.2 Å². The van der Waals surface area contributed by atoms with Crippen LogP contribution in [0.15, 0.2) is 24.5 Å². The van der Waals surface area contributed by atoms with E-state index in [4.69, 9.17) is 0 Å². The predicted octanol–water partition coefficient (Wildman–Crippen LogP) is 1.46. The first-order valence-corrected chi connectivity index (χ1v) is 7.90. The number of amides is 1. The summed E-state index contributed by atoms with van der Waals surface area (Å²) < 4.78 is 2.13. The lowest BCUT2D eigenvalue weighted by Crippen LogP contribution is -2.41. The van der Waals surface area contributed by atoms with Crippen LogP contribution in [0.4, 0.5) is 0 Å². The number of aromatic nitrogens is 5. The molecule has 0 saturated carbocycles. The van der Waals surface area contributed by atoms with Crippen molar-refractivity contribution in [2.24, 2.45) is 0 Å². The van der Waals surface area contributed by atoms with Crippen molar-refractivity contribution in [2.45, 2.75) is 38.8 Å². The second kappa shape index (κ2) is 5.49. The molecule has 0 saturated heterocycles. The van der Waals surface area contributed by atoms with E-state index in [1.165, 1.54) is 0 Å². The van der Waals surface area contributed by atoms with E-state index in [1.807, 2.05) is 18.2 Å². The summed E-state index contributed by atoms with van der Waals surface area (Å²) in [5.74, 6) is 1.91. The molecule has 1 amide bonds. The predicted molar refractivity (Wildman–Crippen MR) is 85.1 cm³/mol. The third kappa shape index (κ3) is 2.38. The molecule has 0 fully saturated rings. The molecular formula is C16H18N6O. The van der Waals surface area contributed by atoms with Crippen molar-refractivity contribution >= 4 is 16.9 Å². The van der Waals surface area contributed by atoms with Gasteiger partial charge < -0.3 is 14.9 Å². The van der Waals surface area contributed by atoms with Gasteiger partial charge in [0.15, 0.2) is 0 Å². The first-order valence-electron chi connectivity index (χ1n) is 7.90. The van der Waals surface area contributed by atoms with Crippen LogP contribution in [0.5, 0.6) is 0 Å². The molecule has 3 aromatic rings. The van der Waals surface area contributed by atoms with Gasteiger partial charge in [-0.1, -0.05) is 13.0 Å². The van der Waals surface area contributed by atoms with Gasteiger partial charge in [-0.25, -0.2) is 4.98 Å². The molecule has 1 unspecified atom stereocenters. The van der Waals surface area contributed by atoms with E-state index in [2.05, 4.69) is 37.0 Å². The number of hydrogen-bond acceptors (Lipinski definition) is 4. The Balaban J connectivity index is 1.55. The maximum atomic E-state index is 12.6. The summed E-state index contributed by atoms with van der Waals surface area (Å²) >= 11 is 0. The van der Waals surface area contributed by atoms with Crippen LogP contribution in [0.3, 0.4) is 0 Å². The highest BCUT2D eigenvalue weighted by atomic mass is 16.1. The molecule has 7 nitrogen and oxygen atoms in total. The Kier molecular flexibility index (Phi) is 3.33. The Morgan fingerprint density at radius 1 is 1.43 bits per heavy atom. The van der Waals surface area contributed by atoms with Crippen LogP contribution in [0.25, 0.3) is 11.0 Å². The minimum absolute atomic E-state index is 0.0812. The smallest absolute Gasteiger partial charge is 0.253 e. The SMILES string of the molecule is CCc1nnc2n1CC(NC(=O)c1cccc3[nH]cnc13)CC2. The van der Waals surface area contributed by atoms with Gasteiger partial charge >= 0.3 is 0 Å². The molecule has 118 valence electrons. The van der Waals surface area contributed by atoms with Crippen LogP contribution in [-0.4, -0.2) is 36.7 Å². The topological polar surface area (TPSA) is 88.5 Å². The number of carbonyl (C=O) groups is 1. The number of nitrogens with zero attached hydrogens (tertiary/aromatic N) is 4. The van der Waals surface area contributed by atoms with E-state index in [-0.39, 0.29) is 11.9 Å². The molecule has 0 spiro atoms. The summed E-state index contributed by atoms with van der Waals surface area (Å²) in [7, 11) is 0. The number of aryl methyl sites for hydroxylation is 2. The summed E-state index contributed by atoms with van der Waals surface area (Å²) in [4.78, 5) is 19.9. The van der Waals surface area contributed by atoms with Crippen LogP contribution in [0.2, 0.25) is 0 Å². The molecule has 4 rings (SSSR count). The standard InChI is InChI=1S/C16H18N6O/c1-2-13-20-21-14-7-6-10(8-22(13)14)19-16(23)11-4-3-5-12-15(11)18-9-17-12/h3-5,9-10H,2,6-8H2,1H3,(H,17,18)(H,19,23). The largest absolute Gasteiger partial charge is 0.347 e. The molecule has 0 radical (unpaired) electrons.